The van der Waals surface area contributed by atoms with Crippen LogP contribution in [0.4, 0.5) is 10.1 Å². The number of benzene rings is 1. The summed E-state index contributed by atoms with van der Waals surface area (Å²) in [5.74, 6) is -0.315. The summed E-state index contributed by atoms with van der Waals surface area (Å²) >= 11 is 0. The number of aromatic nitrogens is 2. The largest absolute Gasteiger partial charge is 0.491 e. The van der Waals surface area contributed by atoms with Gasteiger partial charge < -0.3 is 25.0 Å². The molecular formula is C33H41FN6O3. The number of primary amides is 1. The highest BCUT2D eigenvalue weighted by atomic mass is 19.1. The Balaban J connectivity index is 1.43. The van der Waals surface area contributed by atoms with Crippen molar-refractivity contribution in [2.75, 3.05) is 38.3 Å². The fourth-order valence-corrected chi connectivity index (χ4v) is 5.89. The minimum atomic E-state index is -0.578. The Morgan fingerprint density at radius 3 is 2.53 bits per heavy atom. The molecule has 0 aliphatic carbocycles. The molecule has 1 aliphatic heterocycles. The van der Waals surface area contributed by atoms with Gasteiger partial charge in [-0.1, -0.05) is 6.07 Å². The Bertz CT molecular complexity index is 1430. The SMILES string of the molecule is COCCOc1ccc(N(Cc2cccc(C#N)n2)C2CCN([C@H](C)CCc3c(F)nc(C)c(C(N)=O)c3C)CC2)cc1. The first-order chi connectivity index (χ1) is 20.7. The first kappa shape index (κ1) is 31.9. The number of hydrogen-bond acceptors (Lipinski definition) is 8. The summed E-state index contributed by atoms with van der Waals surface area (Å²) in [6.45, 7) is 8.91. The molecule has 0 bridgehead atoms. The Kier molecular flexibility index (Phi) is 11.0. The summed E-state index contributed by atoms with van der Waals surface area (Å²) < 4.78 is 25.6. The second-order valence-electron chi connectivity index (χ2n) is 11.1. The van der Waals surface area contributed by atoms with Crippen LogP contribution in [0.1, 0.15) is 64.8 Å². The van der Waals surface area contributed by atoms with Crippen LogP contribution in [-0.4, -0.2) is 66.3 Å². The van der Waals surface area contributed by atoms with Gasteiger partial charge >= 0.3 is 0 Å². The number of nitrogens with zero attached hydrogens (tertiary/aromatic N) is 5. The lowest BCUT2D eigenvalue weighted by Gasteiger charge is -2.42. The molecule has 1 aromatic carbocycles. The Labute approximate surface area is 253 Å². The van der Waals surface area contributed by atoms with Crippen LogP contribution >= 0.6 is 0 Å². The predicted octanol–water partition coefficient (Wildman–Crippen LogP) is 4.72. The third-order valence-electron chi connectivity index (χ3n) is 8.30. The van der Waals surface area contributed by atoms with Gasteiger partial charge in [0.05, 0.1) is 30.1 Å². The highest BCUT2D eigenvalue weighted by Gasteiger charge is 2.28. The number of anilines is 1. The van der Waals surface area contributed by atoms with E-state index in [1.165, 1.54) is 0 Å². The van der Waals surface area contributed by atoms with Crippen molar-refractivity contribution in [3.63, 3.8) is 0 Å². The van der Waals surface area contributed by atoms with Crippen molar-refractivity contribution in [3.8, 4) is 11.8 Å². The molecule has 10 heteroatoms. The smallest absolute Gasteiger partial charge is 0.250 e. The lowest BCUT2D eigenvalue weighted by atomic mass is 9.95. The van der Waals surface area contributed by atoms with Gasteiger partial charge in [-0.25, -0.2) is 9.97 Å². The first-order valence-electron chi connectivity index (χ1n) is 14.8. The number of piperidine rings is 1. The molecule has 2 N–H and O–H groups in total. The zero-order chi connectivity index (χ0) is 30.9. The number of likely N-dealkylation sites (tertiary alicyclic amines) is 1. The number of ether oxygens (including phenoxy) is 2. The van der Waals surface area contributed by atoms with Crippen molar-refractivity contribution in [2.45, 2.75) is 65.1 Å². The molecule has 1 atom stereocenters. The topological polar surface area (TPSA) is 118 Å². The predicted molar refractivity (Wildman–Crippen MR) is 164 cm³/mol. The standard InChI is InChI=1S/C33H41FN6O3/c1-22(8-13-30-23(2)31(33(36)41)24(3)37-32(30)34)39-16-14-28(15-17-39)40(21-26-7-5-6-25(20-35)38-26)27-9-11-29(12-10-27)43-19-18-42-4/h5-7,9-12,22,28H,8,13-19,21H2,1-4H3,(H2,36,41)/t22-/m1/s1. The van der Waals surface area contributed by atoms with Gasteiger partial charge in [0.25, 0.3) is 5.91 Å². The van der Waals surface area contributed by atoms with Crippen LogP contribution in [0.3, 0.4) is 0 Å². The van der Waals surface area contributed by atoms with E-state index in [-0.39, 0.29) is 12.1 Å². The van der Waals surface area contributed by atoms with Gasteiger partial charge in [-0.2, -0.15) is 9.65 Å². The van der Waals surface area contributed by atoms with E-state index in [4.69, 9.17) is 15.2 Å². The maximum atomic E-state index is 14.8. The van der Waals surface area contributed by atoms with Crippen molar-refractivity contribution in [1.82, 2.24) is 14.9 Å². The molecule has 1 saturated heterocycles. The molecule has 0 spiro atoms. The van der Waals surface area contributed by atoms with Gasteiger partial charge in [-0.3, -0.25) is 4.79 Å². The third-order valence-corrected chi connectivity index (χ3v) is 8.30. The molecule has 3 heterocycles. The first-order valence-corrected chi connectivity index (χ1v) is 14.8. The van der Waals surface area contributed by atoms with E-state index in [1.54, 1.807) is 27.0 Å². The fourth-order valence-electron chi connectivity index (χ4n) is 5.89. The number of aryl methyl sites for hydroxylation is 1. The maximum Gasteiger partial charge on any atom is 0.250 e. The van der Waals surface area contributed by atoms with Crippen molar-refractivity contribution < 1.29 is 18.7 Å². The summed E-state index contributed by atoms with van der Waals surface area (Å²) in [4.78, 5) is 25.2. The van der Waals surface area contributed by atoms with Gasteiger partial charge in [0.1, 0.15) is 24.1 Å². The van der Waals surface area contributed by atoms with Gasteiger partial charge in [0.15, 0.2) is 0 Å². The van der Waals surface area contributed by atoms with E-state index >= 15 is 0 Å². The van der Waals surface area contributed by atoms with Crippen molar-refractivity contribution in [2.24, 2.45) is 5.73 Å². The molecule has 43 heavy (non-hydrogen) atoms. The summed E-state index contributed by atoms with van der Waals surface area (Å²) in [6, 6.07) is 16.3. The number of nitriles is 1. The molecule has 3 aromatic rings. The molecule has 1 fully saturated rings. The maximum absolute atomic E-state index is 14.8. The number of halogens is 1. The summed E-state index contributed by atoms with van der Waals surface area (Å²) in [7, 11) is 1.65. The normalized spacial score (nSPS) is 14.7. The van der Waals surface area contributed by atoms with Crippen LogP contribution in [0.25, 0.3) is 0 Å². The van der Waals surface area contributed by atoms with Crippen molar-refractivity contribution >= 4 is 11.6 Å². The van der Waals surface area contributed by atoms with E-state index in [0.717, 1.165) is 49.5 Å². The molecule has 2 aromatic heterocycles. The third kappa shape index (κ3) is 8.06. The minimum Gasteiger partial charge on any atom is -0.491 e. The second-order valence-corrected chi connectivity index (χ2v) is 11.1. The highest BCUT2D eigenvalue weighted by Crippen LogP contribution is 2.29. The molecule has 4 rings (SSSR count). The van der Waals surface area contributed by atoms with E-state index in [9.17, 15) is 14.4 Å². The van der Waals surface area contributed by atoms with Crippen LogP contribution in [0.5, 0.6) is 5.75 Å². The summed E-state index contributed by atoms with van der Waals surface area (Å²) in [5.41, 5.74) is 9.55. The monoisotopic (exact) mass is 588 g/mol. The average molecular weight is 589 g/mol. The van der Waals surface area contributed by atoms with Gasteiger partial charge in [-0.15, -0.1) is 0 Å². The Morgan fingerprint density at radius 2 is 1.88 bits per heavy atom. The molecule has 228 valence electrons. The molecule has 0 unspecified atom stereocenters. The van der Waals surface area contributed by atoms with Gasteiger partial charge in [0.2, 0.25) is 5.95 Å². The van der Waals surface area contributed by atoms with E-state index in [1.807, 2.05) is 24.3 Å². The van der Waals surface area contributed by atoms with E-state index in [0.29, 0.717) is 54.3 Å². The molecule has 9 nitrogen and oxygen atoms in total. The number of rotatable bonds is 13. The zero-order valence-electron chi connectivity index (χ0n) is 25.5. The zero-order valence-corrected chi connectivity index (χ0v) is 25.5. The van der Waals surface area contributed by atoms with Crippen molar-refractivity contribution in [3.05, 3.63) is 82.2 Å². The number of nitrogens with two attached hydrogens (primary N) is 1. The van der Waals surface area contributed by atoms with Crippen LogP contribution in [0, 0.1) is 31.1 Å². The molecule has 1 aliphatic rings. The van der Waals surface area contributed by atoms with Gasteiger partial charge in [-0.05, 0) is 88.4 Å². The van der Waals surface area contributed by atoms with Crippen LogP contribution in [-0.2, 0) is 17.7 Å². The number of methoxy groups -OCH3 is 1. The minimum absolute atomic E-state index is 0.226. The number of carbonyl (C=O) groups is 1. The quantitative estimate of drug-likeness (QED) is 0.225. The van der Waals surface area contributed by atoms with Crippen LogP contribution < -0.4 is 15.4 Å². The summed E-state index contributed by atoms with van der Waals surface area (Å²) in [6.07, 6.45) is 3.11. The van der Waals surface area contributed by atoms with Gasteiger partial charge in [0, 0.05) is 43.5 Å². The number of amides is 1. The Hall–Kier alpha value is -4.07. The van der Waals surface area contributed by atoms with E-state index in [2.05, 4.69) is 44.9 Å². The lowest BCUT2D eigenvalue weighted by molar-refractivity contribution is 0.0998. The molecule has 1 amide bonds. The van der Waals surface area contributed by atoms with E-state index < -0.39 is 11.9 Å². The molecular weight excluding hydrogens is 547 g/mol. The second kappa shape index (κ2) is 14.9. The number of carbonyl (C=O) groups excluding carboxylic acids is 1. The molecule has 0 saturated carbocycles. The van der Waals surface area contributed by atoms with Crippen molar-refractivity contribution in [1.29, 1.82) is 5.26 Å². The highest BCUT2D eigenvalue weighted by molar-refractivity contribution is 5.95. The summed E-state index contributed by atoms with van der Waals surface area (Å²) in [5, 5.41) is 9.36. The van der Waals surface area contributed by atoms with Crippen LogP contribution in [0.2, 0.25) is 0 Å². The fraction of sp³-hybridized carbons (Fsp3) is 0.455. The molecule has 0 radical (unpaired) electrons. The number of hydrogen-bond donors (Lipinski definition) is 1. The Morgan fingerprint density at radius 1 is 1.16 bits per heavy atom. The average Bonchev–Trinajstić information content (AvgIpc) is 3.00. The number of pyridine rings is 2. The van der Waals surface area contributed by atoms with Crippen LogP contribution in [0.15, 0.2) is 42.5 Å². The lowest BCUT2D eigenvalue weighted by Crippen LogP contribution is -2.47.